The molecule has 19 heavy (non-hydrogen) atoms. The van der Waals surface area contributed by atoms with E-state index in [1.807, 2.05) is 0 Å². The minimum Gasteiger partial charge on any atom is -0.314 e. The third-order valence-electron chi connectivity index (χ3n) is 5.10. The van der Waals surface area contributed by atoms with Crippen LogP contribution in [0.15, 0.2) is 0 Å². The van der Waals surface area contributed by atoms with Crippen LogP contribution in [0.2, 0.25) is 0 Å². The van der Waals surface area contributed by atoms with Gasteiger partial charge in [0, 0.05) is 18.6 Å². The zero-order valence-corrected chi connectivity index (χ0v) is 13.3. The number of piperidine rings is 1. The summed E-state index contributed by atoms with van der Waals surface area (Å²) in [6.45, 7) is 11.2. The highest BCUT2D eigenvalue weighted by atomic mass is 15.2. The van der Waals surface area contributed by atoms with Crippen LogP contribution in [0.1, 0.15) is 65.7 Å². The second-order valence-corrected chi connectivity index (χ2v) is 7.20. The number of nitrogens with one attached hydrogen (secondary N) is 1. The van der Waals surface area contributed by atoms with Crippen molar-refractivity contribution >= 4 is 0 Å². The van der Waals surface area contributed by atoms with Gasteiger partial charge in [-0.05, 0) is 64.0 Å². The van der Waals surface area contributed by atoms with Crippen LogP contribution in [0.25, 0.3) is 0 Å². The molecule has 0 amide bonds. The predicted molar refractivity (Wildman–Crippen MR) is 83.5 cm³/mol. The first kappa shape index (κ1) is 15.3. The normalized spacial score (nSPS) is 32.7. The molecule has 1 N–H and O–H groups in total. The Morgan fingerprint density at radius 1 is 1.00 bits per heavy atom. The van der Waals surface area contributed by atoms with Crippen molar-refractivity contribution < 1.29 is 0 Å². The number of unbranched alkanes of at least 4 members (excludes halogenated alkanes) is 3. The first-order valence-electron chi connectivity index (χ1n) is 8.64. The van der Waals surface area contributed by atoms with Crippen LogP contribution in [-0.2, 0) is 0 Å². The molecule has 2 heteroatoms. The molecule has 0 radical (unpaired) electrons. The molecule has 2 rings (SSSR count). The van der Waals surface area contributed by atoms with Crippen molar-refractivity contribution in [1.82, 2.24) is 10.2 Å². The summed E-state index contributed by atoms with van der Waals surface area (Å²) in [6.07, 6.45) is 9.86. The summed E-state index contributed by atoms with van der Waals surface area (Å²) >= 11 is 0. The Kier molecular flexibility index (Phi) is 6.15. The van der Waals surface area contributed by atoms with Crippen molar-refractivity contribution in [2.75, 3.05) is 19.6 Å². The zero-order valence-electron chi connectivity index (χ0n) is 13.3. The SMILES string of the molecule is CC1CC(C)C(C)N(CCCCCCNC2CC2)C1. The lowest BCUT2D eigenvalue weighted by Gasteiger charge is -2.41. The minimum absolute atomic E-state index is 0.799. The summed E-state index contributed by atoms with van der Waals surface area (Å²) in [6, 6.07) is 1.69. The van der Waals surface area contributed by atoms with E-state index in [2.05, 4.69) is 31.0 Å². The lowest BCUT2D eigenvalue weighted by atomic mass is 9.86. The number of hydrogen-bond acceptors (Lipinski definition) is 2. The number of rotatable bonds is 8. The van der Waals surface area contributed by atoms with Crippen LogP contribution >= 0.6 is 0 Å². The molecule has 0 bridgehead atoms. The van der Waals surface area contributed by atoms with Crippen LogP contribution in [-0.4, -0.2) is 36.6 Å². The fourth-order valence-electron chi connectivity index (χ4n) is 3.51. The van der Waals surface area contributed by atoms with E-state index in [9.17, 15) is 0 Å². The molecular weight excluding hydrogens is 232 g/mol. The molecule has 2 aliphatic rings. The van der Waals surface area contributed by atoms with E-state index in [0.717, 1.165) is 23.9 Å². The lowest BCUT2D eigenvalue weighted by molar-refractivity contribution is 0.0781. The molecule has 0 spiro atoms. The molecule has 1 saturated carbocycles. The summed E-state index contributed by atoms with van der Waals surface area (Å²) < 4.78 is 0. The Hall–Kier alpha value is -0.0800. The van der Waals surface area contributed by atoms with Crippen LogP contribution < -0.4 is 5.32 Å². The maximum absolute atomic E-state index is 3.61. The molecule has 1 heterocycles. The molecule has 1 aliphatic heterocycles. The van der Waals surface area contributed by atoms with Gasteiger partial charge in [-0.25, -0.2) is 0 Å². The predicted octanol–water partition coefficient (Wildman–Crippen LogP) is 3.67. The van der Waals surface area contributed by atoms with E-state index < -0.39 is 0 Å². The highest BCUT2D eigenvalue weighted by molar-refractivity contribution is 4.82. The molecule has 112 valence electrons. The van der Waals surface area contributed by atoms with Crippen LogP contribution in [0.5, 0.6) is 0 Å². The van der Waals surface area contributed by atoms with E-state index in [4.69, 9.17) is 0 Å². The topological polar surface area (TPSA) is 15.3 Å². The molecular formula is C17H34N2. The number of hydrogen-bond donors (Lipinski definition) is 1. The maximum Gasteiger partial charge on any atom is 0.00927 e. The lowest BCUT2D eigenvalue weighted by Crippen LogP contribution is -2.45. The zero-order chi connectivity index (χ0) is 13.7. The molecule has 0 aromatic heterocycles. The van der Waals surface area contributed by atoms with E-state index in [1.165, 1.54) is 64.6 Å². The minimum atomic E-state index is 0.799. The molecule has 3 atom stereocenters. The second-order valence-electron chi connectivity index (χ2n) is 7.20. The average molecular weight is 266 g/mol. The van der Waals surface area contributed by atoms with Gasteiger partial charge >= 0.3 is 0 Å². The monoisotopic (exact) mass is 266 g/mol. The van der Waals surface area contributed by atoms with E-state index in [-0.39, 0.29) is 0 Å². The third-order valence-corrected chi connectivity index (χ3v) is 5.10. The maximum atomic E-state index is 3.61. The molecule has 1 saturated heterocycles. The Morgan fingerprint density at radius 3 is 2.47 bits per heavy atom. The summed E-state index contributed by atoms with van der Waals surface area (Å²) in [7, 11) is 0. The van der Waals surface area contributed by atoms with Gasteiger partial charge in [0.1, 0.15) is 0 Å². The first-order chi connectivity index (χ1) is 9.16. The van der Waals surface area contributed by atoms with Gasteiger partial charge in [-0.15, -0.1) is 0 Å². The molecule has 1 aliphatic carbocycles. The van der Waals surface area contributed by atoms with Crippen molar-refractivity contribution in [2.45, 2.75) is 77.8 Å². The Balaban J connectivity index is 1.49. The van der Waals surface area contributed by atoms with E-state index >= 15 is 0 Å². The van der Waals surface area contributed by atoms with E-state index in [0.29, 0.717) is 0 Å². The summed E-state index contributed by atoms with van der Waals surface area (Å²) in [5, 5.41) is 3.61. The fourth-order valence-corrected chi connectivity index (χ4v) is 3.51. The Labute approximate surface area is 120 Å². The van der Waals surface area contributed by atoms with Gasteiger partial charge < -0.3 is 10.2 Å². The third kappa shape index (κ3) is 5.43. The Bertz CT molecular complexity index is 250. The smallest absolute Gasteiger partial charge is 0.00927 e. The highest BCUT2D eigenvalue weighted by Crippen LogP contribution is 2.27. The number of nitrogens with zero attached hydrogens (tertiary/aromatic N) is 1. The highest BCUT2D eigenvalue weighted by Gasteiger charge is 2.27. The summed E-state index contributed by atoms with van der Waals surface area (Å²) in [5.41, 5.74) is 0. The first-order valence-corrected chi connectivity index (χ1v) is 8.64. The second kappa shape index (κ2) is 7.64. The van der Waals surface area contributed by atoms with Crippen molar-refractivity contribution in [2.24, 2.45) is 11.8 Å². The van der Waals surface area contributed by atoms with Crippen LogP contribution in [0.3, 0.4) is 0 Å². The van der Waals surface area contributed by atoms with Gasteiger partial charge in [0.25, 0.3) is 0 Å². The quantitative estimate of drug-likeness (QED) is 0.674. The van der Waals surface area contributed by atoms with Gasteiger partial charge in [-0.3, -0.25) is 0 Å². The molecule has 3 unspecified atom stereocenters. The van der Waals surface area contributed by atoms with Crippen molar-refractivity contribution in [3.63, 3.8) is 0 Å². The molecule has 2 fully saturated rings. The van der Waals surface area contributed by atoms with Crippen LogP contribution in [0, 0.1) is 11.8 Å². The van der Waals surface area contributed by atoms with Gasteiger partial charge in [0.05, 0.1) is 0 Å². The Morgan fingerprint density at radius 2 is 1.74 bits per heavy atom. The largest absolute Gasteiger partial charge is 0.314 e. The van der Waals surface area contributed by atoms with Crippen molar-refractivity contribution in [3.8, 4) is 0 Å². The van der Waals surface area contributed by atoms with E-state index in [1.54, 1.807) is 0 Å². The molecule has 0 aromatic rings. The summed E-state index contributed by atoms with van der Waals surface area (Å²) in [4.78, 5) is 2.74. The van der Waals surface area contributed by atoms with Crippen molar-refractivity contribution in [3.05, 3.63) is 0 Å². The molecule has 0 aromatic carbocycles. The molecule has 2 nitrogen and oxygen atoms in total. The van der Waals surface area contributed by atoms with Crippen LogP contribution in [0.4, 0.5) is 0 Å². The number of likely N-dealkylation sites (tertiary alicyclic amines) is 1. The standard InChI is InChI=1S/C17H34N2/c1-14-12-15(2)16(3)19(13-14)11-7-5-4-6-10-18-17-8-9-17/h14-18H,4-13H2,1-3H3. The summed E-state index contributed by atoms with van der Waals surface area (Å²) in [5.74, 6) is 1.78. The van der Waals surface area contributed by atoms with Gasteiger partial charge in [-0.2, -0.15) is 0 Å². The van der Waals surface area contributed by atoms with Gasteiger partial charge in [-0.1, -0.05) is 26.7 Å². The van der Waals surface area contributed by atoms with Crippen molar-refractivity contribution in [1.29, 1.82) is 0 Å². The van der Waals surface area contributed by atoms with Gasteiger partial charge in [0.2, 0.25) is 0 Å². The fraction of sp³-hybridized carbons (Fsp3) is 1.00. The average Bonchev–Trinajstić information content (AvgIpc) is 3.17. The van der Waals surface area contributed by atoms with Gasteiger partial charge in [0.15, 0.2) is 0 Å².